The molecule has 2 N–H and O–H groups in total. The maximum atomic E-state index is 13.9. The summed E-state index contributed by atoms with van der Waals surface area (Å²) in [6.45, 7) is 0.827. The number of nitrogens with zero attached hydrogens (tertiary/aromatic N) is 3. The predicted molar refractivity (Wildman–Crippen MR) is 133 cm³/mol. The van der Waals surface area contributed by atoms with Crippen LogP contribution in [0.3, 0.4) is 0 Å². The highest BCUT2D eigenvalue weighted by molar-refractivity contribution is 6.02. The van der Waals surface area contributed by atoms with E-state index >= 15 is 0 Å². The highest BCUT2D eigenvalue weighted by atomic mass is 16.5. The molecule has 2 amide bonds. The second-order valence-electron chi connectivity index (χ2n) is 8.63. The number of aromatic nitrogens is 2. The molecule has 5 rings (SSSR count). The van der Waals surface area contributed by atoms with Gasteiger partial charge in [-0.2, -0.15) is 5.10 Å². The van der Waals surface area contributed by atoms with Crippen LogP contribution in [-0.2, 0) is 24.3 Å². The van der Waals surface area contributed by atoms with Crippen LogP contribution in [0.25, 0.3) is 11.3 Å². The molecule has 0 fully saturated rings. The SMILES string of the molecule is COc1ccc(-c2nn(Cc3ccccc3)cc2C(=O)N2Cc3ccccc3CC2C(N)=O)cc1. The van der Waals surface area contributed by atoms with Gasteiger partial charge in [0.25, 0.3) is 5.91 Å². The summed E-state index contributed by atoms with van der Waals surface area (Å²) < 4.78 is 7.05. The summed E-state index contributed by atoms with van der Waals surface area (Å²) >= 11 is 0. The number of carbonyl (C=O) groups is 2. The average molecular weight is 467 g/mol. The third-order valence-electron chi connectivity index (χ3n) is 6.38. The van der Waals surface area contributed by atoms with Gasteiger partial charge in [-0.1, -0.05) is 54.6 Å². The first-order chi connectivity index (χ1) is 17.0. The molecule has 2 heterocycles. The molecule has 0 radical (unpaired) electrons. The van der Waals surface area contributed by atoms with Crippen LogP contribution in [0.5, 0.6) is 5.75 Å². The largest absolute Gasteiger partial charge is 0.497 e. The van der Waals surface area contributed by atoms with Gasteiger partial charge in [-0.3, -0.25) is 14.3 Å². The van der Waals surface area contributed by atoms with E-state index in [1.807, 2.05) is 78.9 Å². The van der Waals surface area contributed by atoms with Crippen LogP contribution in [-0.4, -0.2) is 39.6 Å². The smallest absolute Gasteiger partial charge is 0.258 e. The molecule has 1 aliphatic rings. The van der Waals surface area contributed by atoms with Crippen molar-refractivity contribution >= 4 is 11.8 Å². The molecule has 7 heteroatoms. The number of ether oxygens (including phenoxy) is 1. The molecule has 35 heavy (non-hydrogen) atoms. The number of primary amides is 1. The number of hydrogen-bond donors (Lipinski definition) is 1. The summed E-state index contributed by atoms with van der Waals surface area (Å²) in [5.41, 5.74) is 10.6. The topological polar surface area (TPSA) is 90.5 Å². The zero-order valence-electron chi connectivity index (χ0n) is 19.4. The molecule has 0 saturated carbocycles. The van der Waals surface area contributed by atoms with Crippen molar-refractivity contribution in [1.29, 1.82) is 0 Å². The standard InChI is InChI=1S/C28H26N4O3/c1-35-23-13-11-20(12-14-23)26-24(18-31(30-26)16-19-7-3-2-4-8-19)28(34)32-17-22-10-6-5-9-21(22)15-25(32)27(29)33/h2-14,18,25H,15-17H2,1H3,(H2,29,33). The zero-order valence-corrected chi connectivity index (χ0v) is 19.4. The first-order valence-corrected chi connectivity index (χ1v) is 11.5. The molecule has 4 aromatic rings. The molecule has 1 aliphatic heterocycles. The average Bonchev–Trinajstić information content (AvgIpc) is 3.31. The first-order valence-electron chi connectivity index (χ1n) is 11.5. The van der Waals surface area contributed by atoms with Gasteiger partial charge in [0.05, 0.1) is 19.2 Å². The summed E-state index contributed by atoms with van der Waals surface area (Å²) in [5, 5.41) is 4.77. The Morgan fingerprint density at radius 2 is 1.66 bits per heavy atom. The van der Waals surface area contributed by atoms with E-state index in [4.69, 9.17) is 15.6 Å². The Kier molecular flexibility index (Phi) is 6.06. The minimum absolute atomic E-state index is 0.270. The van der Waals surface area contributed by atoms with Crippen LogP contribution in [0.1, 0.15) is 27.0 Å². The van der Waals surface area contributed by atoms with Crippen molar-refractivity contribution in [3.8, 4) is 17.0 Å². The number of amides is 2. The van der Waals surface area contributed by atoms with Gasteiger partial charge in [-0.15, -0.1) is 0 Å². The summed E-state index contributed by atoms with van der Waals surface area (Å²) in [6, 6.07) is 24.5. The van der Waals surface area contributed by atoms with Crippen molar-refractivity contribution in [3.05, 3.63) is 107 Å². The summed E-state index contributed by atoms with van der Waals surface area (Å²) in [7, 11) is 1.61. The van der Waals surface area contributed by atoms with E-state index in [-0.39, 0.29) is 5.91 Å². The van der Waals surface area contributed by atoms with E-state index < -0.39 is 11.9 Å². The second-order valence-corrected chi connectivity index (χ2v) is 8.63. The third kappa shape index (κ3) is 4.53. The van der Waals surface area contributed by atoms with Gasteiger partial charge in [0, 0.05) is 24.7 Å². The lowest BCUT2D eigenvalue weighted by molar-refractivity contribution is -0.122. The normalized spacial score (nSPS) is 14.9. The Morgan fingerprint density at radius 3 is 2.34 bits per heavy atom. The van der Waals surface area contributed by atoms with Crippen LogP contribution in [0.15, 0.2) is 85.1 Å². The number of hydrogen-bond acceptors (Lipinski definition) is 4. The van der Waals surface area contributed by atoms with Gasteiger partial charge in [0.15, 0.2) is 0 Å². The third-order valence-corrected chi connectivity index (χ3v) is 6.38. The van der Waals surface area contributed by atoms with Crippen molar-refractivity contribution in [2.24, 2.45) is 5.73 Å². The molecule has 1 atom stereocenters. The lowest BCUT2D eigenvalue weighted by Crippen LogP contribution is -2.51. The molecule has 1 aromatic heterocycles. The van der Waals surface area contributed by atoms with E-state index in [1.54, 1.807) is 22.9 Å². The number of benzene rings is 3. The zero-order chi connectivity index (χ0) is 24.4. The minimum Gasteiger partial charge on any atom is -0.497 e. The van der Waals surface area contributed by atoms with Crippen molar-refractivity contribution < 1.29 is 14.3 Å². The Hall–Kier alpha value is -4.39. The van der Waals surface area contributed by atoms with Crippen molar-refractivity contribution in [2.45, 2.75) is 25.6 Å². The lowest BCUT2D eigenvalue weighted by atomic mass is 9.92. The van der Waals surface area contributed by atoms with Crippen LogP contribution in [0, 0.1) is 0 Å². The molecule has 0 saturated heterocycles. The molecule has 1 unspecified atom stereocenters. The van der Waals surface area contributed by atoms with Crippen molar-refractivity contribution in [1.82, 2.24) is 14.7 Å². The number of carbonyl (C=O) groups excluding carboxylic acids is 2. The monoisotopic (exact) mass is 466 g/mol. The van der Waals surface area contributed by atoms with Crippen LogP contribution in [0.2, 0.25) is 0 Å². The quantitative estimate of drug-likeness (QED) is 0.470. The fraction of sp³-hybridized carbons (Fsp3) is 0.179. The van der Waals surface area contributed by atoms with E-state index in [0.29, 0.717) is 36.5 Å². The van der Waals surface area contributed by atoms with E-state index in [9.17, 15) is 9.59 Å². The van der Waals surface area contributed by atoms with E-state index in [1.165, 1.54) is 0 Å². The Morgan fingerprint density at radius 1 is 0.971 bits per heavy atom. The van der Waals surface area contributed by atoms with E-state index in [0.717, 1.165) is 22.3 Å². The minimum atomic E-state index is -0.724. The van der Waals surface area contributed by atoms with Gasteiger partial charge >= 0.3 is 0 Å². The number of nitrogens with two attached hydrogens (primary N) is 1. The molecule has 0 spiro atoms. The number of fused-ring (bicyclic) bond motifs is 1. The molecule has 0 bridgehead atoms. The Labute approximate surface area is 203 Å². The molecule has 176 valence electrons. The molecule has 0 aliphatic carbocycles. The highest BCUT2D eigenvalue weighted by Crippen LogP contribution is 2.30. The van der Waals surface area contributed by atoms with Gasteiger partial charge in [-0.25, -0.2) is 0 Å². The van der Waals surface area contributed by atoms with Crippen molar-refractivity contribution in [3.63, 3.8) is 0 Å². The second kappa shape index (κ2) is 9.46. The summed E-state index contributed by atoms with van der Waals surface area (Å²) in [4.78, 5) is 27.9. The number of methoxy groups -OCH3 is 1. The van der Waals surface area contributed by atoms with Gasteiger partial charge in [0.2, 0.25) is 5.91 Å². The summed E-state index contributed by atoms with van der Waals surface area (Å²) in [6.07, 6.45) is 2.15. The van der Waals surface area contributed by atoms with Gasteiger partial charge in [-0.05, 0) is 41.0 Å². The Bertz CT molecular complexity index is 1360. The molecule has 7 nitrogen and oxygen atoms in total. The van der Waals surface area contributed by atoms with Gasteiger partial charge < -0.3 is 15.4 Å². The van der Waals surface area contributed by atoms with Crippen molar-refractivity contribution in [2.75, 3.05) is 7.11 Å². The fourth-order valence-corrected chi connectivity index (χ4v) is 4.54. The summed E-state index contributed by atoms with van der Waals surface area (Å²) in [5.74, 6) is -0.0734. The highest BCUT2D eigenvalue weighted by Gasteiger charge is 2.35. The first kappa shape index (κ1) is 22.4. The van der Waals surface area contributed by atoms with Crippen LogP contribution < -0.4 is 10.5 Å². The maximum absolute atomic E-state index is 13.9. The number of rotatable bonds is 6. The van der Waals surface area contributed by atoms with E-state index in [2.05, 4.69) is 0 Å². The maximum Gasteiger partial charge on any atom is 0.258 e. The fourth-order valence-electron chi connectivity index (χ4n) is 4.54. The Balaban J connectivity index is 1.56. The molecular weight excluding hydrogens is 440 g/mol. The van der Waals surface area contributed by atoms with Crippen LogP contribution in [0.4, 0.5) is 0 Å². The molecular formula is C28H26N4O3. The van der Waals surface area contributed by atoms with Crippen LogP contribution >= 0.6 is 0 Å². The lowest BCUT2D eigenvalue weighted by Gasteiger charge is -2.35. The predicted octanol–water partition coefficient (Wildman–Crippen LogP) is 3.66. The molecule has 3 aromatic carbocycles. The van der Waals surface area contributed by atoms with Gasteiger partial charge in [0.1, 0.15) is 17.5 Å².